The monoisotopic (exact) mass is 546 g/mol. The lowest BCUT2D eigenvalue weighted by Crippen LogP contribution is -2.20. The maximum Gasteiger partial charge on any atom is 0.262 e. The molecule has 0 spiro atoms. The van der Waals surface area contributed by atoms with Gasteiger partial charge in [-0.2, -0.15) is 0 Å². The molecule has 162 valence electrons. The fourth-order valence-corrected chi connectivity index (χ4v) is 3.74. The molecule has 0 atom stereocenters. The van der Waals surface area contributed by atoms with Crippen molar-refractivity contribution in [2.24, 2.45) is 0 Å². The van der Waals surface area contributed by atoms with E-state index in [-0.39, 0.29) is 12.5 Å². The number of ether oxygens (including phenoxy) is 2. The van der Waals surface area contributed by atoms with E-state index in [1.54, 1.807) is 0 Å². The van der Waals surface area contributed by atoms with Crippen molar-refractivity contribution in [2.45, 2.75) is 20.4 Å². The average Bonchev–Trinajstić information content (AvgIpc) is 2.74. The van der Waals surface area contributed by atoms with Gasteiger partial charge in [0.25, 0.3) is 5.91 Å². The number of anilines is 2. The first kappa shape index (κ1) is 23.2. The second kappa shape index (κ2) is 11.2. The van der Waals surface area contributed by atoms with E-state index in [2.05, 4.69) is 42.5 Å². The summed E-state index contributed by atoms with van der Waals surface area (Å²) in [6.45, 7) is 4.90. The Morgan fingerprint density at radius 2 is 1.61 bits per heavy atom. The van der Waals surface area contributed by atoms with E-state index in [9.17, 15) is 4.79 Å². The molecule has 0 bridgehead atoms. The van der Waals surface area contributed by atoms with E-state index < -0.39 is 0 Å². The minimum absolute atomic E-state index is 0.122. The number of halogens is 2. The van der Waals surface area contributed by atoms with Crippen LogP contribution in [0, 0.1) is 6.92 Å². The molecule has 3 aromatic rings. The van der Waals surface area contributed by atoms with Gasteiger partial charge in [0.05, 0.1) is 11.1 Å². The largest absolute Gasteiger partial charge is 0.490 e. The minimum atomic E-state index is -0.237. The summed E-state index contributed by atoms with van der Waals surface area (Å²) in [5, 5.41) is 6.21. The maximum absolute atomic E-state index is 12.3. The van der Waals surface area contributed by atoms with Gasteiger partial charge in [-0.1, -0.05) is 33.6 Å². The predicted molar refractivity (Wildman–Crippen MR) is 132 cm³/mol. The van der Waals surface area contributed by atoms with Gasteiger partial charge in [-0.25, -0.2) is 0 Å². The highest BCUT2D eigenvalue weighted by Gasteiger charge is 2.14. The molecule has 1 amide bonds. The average molecular weight is 548 g/mol. The molecule has 7 heteroatoms. The SMILES string of the molecule is CCOc1cc(CNc2ccc(Br)cc2)cc(Br)c1OCC(=O)Nc1ccc(C)cc1. The zero-order chi connectivity index (χ0) is 22.2. The van der Waals surface area contributed by atoms with Gasteiger partial charge in [0, 0.05) is 22.4 Å². The number of nitrogens with one attached hydrogen (secondary N) is 2. The molecule has 3 rings (SSSR count). The number of benzene rings is 3. The van der Waals surface area contributed by atoms with Crippen molar-refractivity contribution >= 4 is 49.1 Å². The molecule has 0 saturated carbocycles. The van der Waals surface area contributed by atoms with Gasteiger partial charge in [0.1, 0.15) is 0 Å². The predicted octanol–water partition coefficient (Wildman–Crippen LogP) is 6.55. The van der Waals surface area contributed by atoms with Crippen LogP contribution in [0.25, 0.3) is 0 Å². The van der Waals surface area contributed by atoms with Crippen LogP contribution in [0.4, 0.5) is 11.4 Å². The van der Waals surface area contributed by atoms with Crippen LogP contribution in [0.15, 0.2) is 69.6 Å². The molecule has 0 radical (unpaired) electrons. The van der Waals surface area contributed by atoms with Gasteiger partial charge in [0.2, 0.25) is 0 Å². The molecule has 0 aliphatic carbocycles. The molecule has 0 heterocycles. The fourth-order valence-electron chi connectivity index (χ4n) is 2.87. The van der Waals surface area contributed by atoms with Crippen LogP contribution in [0.3, 0.4) is 0 Å². The first-order valence-electron chi connectivity index (χ1n) is 9.88. The Balaban J connectivity index is 1.65. The second-order valence-corrected chi connectivity index (χ2v) is 8.67. The Morgan fingerprint density at radius 3 is 2.29 bits per heavy atom. The lowest BCUT2D eigenvalue weighted by molar-refractivity contribution is -0.118. The molecule has 5 nitrogen and oxygen atoms in total. The van der Waals surface area contributed by atoms with Crippen LogP contribution in [-0.4, -0.2) is 19.1 Å². The van der Waals surface area contributed by atoms with Crippen LogP contribution in [0.1, 0.15) is 18.1 Å². The van der Waals surface area contributed by atoms with Gasteiger partial charge < -0.3 is 20.1 Å². The molecule has 0 aliphatic heterocycles. The maximum atomic E-state index is 12.3. The van der Waals surface area contributed by atoms with E-state index in [1.165, 1.54) is 0 Å². The van der Waals surface area contributed by atoms with Crippen molar-refractivity contribution in [2.75, 3.05) is 23.8 Å². The topological polar surface area (TPSA) is 59.6 Å². The Labute approximate surface area is 199 Å². The van der Waals surface area contributed by atoms with E-state index in [0.29, 0.717) is 24.7 Å². The van der Waals surface area contributed by atoms with E-state index in [1.807, 2.05) is 74.5 Å². The summed E-state index contributed by atoms with van der Waals surface area (Å²) < 4.78 is 13.3. The number of amides is 1. The van der Waals surface area contributed by atoms with Crippen LogP contribution in [0.2, 0.25) is 0 Å². The summed E-state index contributed by atoms with van der Waals surface area (Å²) >= 11 is 7.00. The van der Waals surface area contributed by atoms with Gasteiger partial charge in [-0.15, -0.1) is 0 Å². The van der Waals surface area contributed by atoms with E-state index in [0.717, 1.165) is 31.4 Å². The quantitative estimate of drug-likeness (QED) is 0.319. The third-order valence-electron chi connectivity index (χ3n) is 4.39. The summed E-state index contributed by atoms with van der Waals surface area (Å²) in [6.07, 6.45) is 0. The summed E-state index contributed by atoms with van der Waals surface area (Å²) in [5.74, 6) is 0.861. The number of rotatable bonds is 9. The molecular formula is C24H24Br2N2O3. The zero-order valence-electron chi connectivity index (χ0n) is 17.4. The lowest BCUT2D eigenvalue weighted by atomic mass is 10.2. The molecule has 0 aromatic heterocycles. The van der Waals surface area contributed by atoms with E-state index >= 15 is 0 Å². The third kappa shape index (κ3) is 7.01. The van der Waals surface area contributed by atoms with Crippen molar-refractivity contribution in [3.63, 3.8) is 0 Å². The molecule has 31 heavy (non-hydrogen) atoms. The highest BCUT2D eigenvalue weighted by Crippen LogP contribution is 2.37. The van der Waals surface area contributed by atoms with Gasteiger partial charge in [-0.05, 0) is 83.9 Å². The Bertz CT molecular complexity index is 1020. The number of hydrogen-bond donors (Lipinski definition) is 2. The molecule has 0 fully saturated rings. The minimum Gasteiger partial charge on any atom is -0.490 e. The Morgan fingerprint density at radius 1 is 0.935 bits per heavy atom. The molecule has 2 N–H and O–H groups in total. The highest BCUT2D eigenvalue weighted by molar-refractivity contribution is 9.10. The molecule has 0 saturated heterocycles. The Kier molecular flexibility index (Phi) is 8.37. The van der Waals surface area contributed by atoms with Crippen molar-refractivity contribution in [3.8, 4) is 11.5 Å². The first-order valence-corrected chi connectivity index (χ1v) is 11.5. The Hall–Kier alpha value is -2.51. The lowest BCUT2D eigenvalue weighted by Gasteiger charge is -2.16. The number of carbonyl (C=O) groups is 1. The third-order valence-corrected chi connectivity index (χ3v) is 5.51. The van der Waals surface area contributed by atoms with Crippen molar-refractivity contribution < 1.29 is 14.3 Å². The molecule has 0 unspecified atom stereocenters. The molecule has 3 aromatic carbocycles. The standard InChI is InChI=1S/C24H24Br2N2O3/c1-3-30-22-13-17(14-27-19-10-6-18(25)7-11-19)12-21(26)24(22)31-15-23(29)28-20-8-4-16(2)5-9-20/h4-13,27H,3,14-15H2,1-2H3,(H,28,29). The van der Waals surface area contributed by atoms with Crippen LogP contribution in [0.5, 0.6) is 11.5 Å². The van der Waals surface area contributed by atoms with Gasteiger partial charge in [-0.3, -0.25) is 4.79 Å². The summed E-state index contributed by atoms with van der Waals surface area (Å²) in [5.41, 5.74) is 3.91. The zero-order valence-corrected chi connectivity index (χ0v) is 20.5. The van der Waals surface area contributed by atoms with Crippen LogP contribution >= 0.6 is 31.9 Å². The second-order valence-electron chi connectivity index (χ2n) is 6.90. The van der Waals surface area contributed by atoms with Crippen molar-refractivity contribution in [1.29, 1.82) is 0 Å². The summed E-state index contributed by atoms with van der Waals surface area (Å²) in [4.78, 5) is 12.3. The van der Waals surface area contributed by atoms with Crippen molar-refractivity contribution in [3.05, 3.63) is 80.7 Å². The van der Waals surface area contributed by atoms with Crippen molar-refractivity contribution in [1.82, 2.24) is 0 Å². The number of aryl methyl sites for hydroxylation is 1. The van der Waals surface area contributed by atoms with Gasteiger partial charge >= 0.3 is 0 Å². The summed E-state index contributed by atoms with van der Waals surface area (Å²) in [7, 11) is 0. The van der Waals surface area contributed by atoms with Gasteiger partial charge in [0.15, 0.2) is 18.1 Å². The van der Waals surface area contributed by atoms with E-state index in [4.69, 9.17) is 9.47 Å². The van der Waals surface area contributed by atoms with Crippen LogP contribution < -0.4 is 20.1 Å². The molecular weight excluding hydrogens is 524 g/mol. The molecule has 0 aliphatic rings. The number of hydrogen-bond acceptors (Lipinski definition) is 4. The fraction of sp³-hybridized carbons (Fsp3) is 0.208. The number of carbonyl (C=O) groups excluding carboxylic acids is 1. The normalized spacial score (nSPS) is 10.5. The summed E-state index contributed by atoms with van der Waals surface area (Å²) in [6, 6.07) is 19.5. The smallest absolute Gasteiger partial charge is 0.262 e. The first-order chi connectivity index (χ1) is 14.9. The van der Waals surface area contributed by atoms with Crippen LogP contribution in [-0.2, 0) is 11.3 Å². The highest BCUT2D eigenvalue weighted by atomic mass is 79.9.